The van der Waals surface area contributed by atoms with Crippen LogP contribution < -0.4 is 10.1 Å². The summed E-state index contributed by atoms with van der Waals surface area (Å²) in [4.78, 5) is 27.7. The maximum absolute atomic E-state index is 13.2. The summed E-state index contributed by atoms with van der Waals surface area (Å²) in [5.74, 6) is 0.367. The maximum atomic E-state index is 13.2. The van der Waals surface area contributed by atoms with Crippen LogP contribution in [0, 0.1) is 13.8 Å². The number of hydrogen-bond donors (Lipinski definition) is 1. The molecule has 0 radical (unpaired) electrons. The third-order valence-electron chi connectivity index (χ3n) is 5.82. The molecule has 1 N–H and O–H groups in total. The van der Waals surface area contributed by atoms with Crippen molar-refractivity contribution in [2.24, 2.45) is 0 Å². The molecule has 0 spiro atoms. The smallest absolute Gasteiger partial charge is 0.261 e. The molecule has 1 fully saturated rings. The molecule has 1 saturated carbocycles. The number of carbonyl (C=O) groups is 2. The van der Waals surface area contributed by atoms with E-state index in [0.717, 1.165) is 46.8 Å². The molecular weight excluding hydrogens is 456 g/mol. The van der Waals surface area contributed by atoms with Crippen LogP contribution in [0.3, 0.4) is 0 Å². The van der Waals surface area contributed by atoms with E-state index in [1.165, 1.54) is 0 Å². The van der Waals surface area contributed by atoms with Gasteiger partial charge >= 0.3 is 0 Å². The Morgan fingerprint density at radius 3 is 2.45 bits per heavy atom. The van der Waals surface area contributed by atoms with E-state index < -0.39 is 6.04 Å². The number of rotatable bonds is 8. The molecule has 1 atom stereocenters. The molecule has 5 nitrogen and oxygen atoms in total. The van der Waals surface area contributed by atoms with Crippen LogP contribution in [0.25, 0.3) is 0 Å². The van der Waals surface area contributed by atoms with Gasteiger partial charge < -0.3 is 15.0 Å². The second-order valence-electron chi connectivity index (χ2n) is 8.37. The number of benzene rings is 2. The van der Waals surface area contributed by atoms with E-state index in [9.17, 15) is 9.59 Å². The lowest BCUT2D eigenvalue weighted by Gasteiger charge is -2.29. The van der Waals surface area contributed by atoms with Gasteiger partial charge in [0.25, 0.3) is 5.91 Å². The largest absolute Gasteiger partial charge is 0.483 e. The summed E-state index contributed by atoms with van der Waals surface area (Å²) in [6.45, 7) is 6.01. The van der Waals surface area contributed by atoms with Gasteiger partial charge in [-0.2, -0.15) is 0 Å². The topological polar surface area (TPSA) is 58.6 Å². The minimum Gasteiger partial charge on any atom is -0.483 e. The van der Waals surface area contributed by atoms with Gasteiger partial charge in [0.2, 0.25) is 5.91 Å². The first-order chi connectivity index (χ1) is 14.8. The number of nitrogens with one attached hydrogen (secondary N) is 1. The quantitative estimate of drug-likeness (QED) is 0.575. The van der Waals surface area contributed by atoms with E-state index >= 15 is 0 Å². The molecule has 0 heterocycles. The van der Waals surface area contributed by atoms with Crippen molar-refractivity contribution in [3.63, 3.8) is 0 Å². The molecule has 0 saturated heterocycles. The summed E-state index contributed by atoms with van der Waals surface area (Å²) < 4.78 is 6.80. The number of ether oxygens (including phenoxy) is 1. The minimum atomic E-state index is -0.584. The van der Waals surface area contributed by atoms with E-state index in [0.29, 0.717) is 12.3 Å². The fourth-order valence-electron chi connectivity index (χ4n) is 3.94. The van der Waals surface area contributed by atoms with Crippen molar-refractivity contribution in [2.75, 3.05) is 6.61 Å². The molecule has 166 valence electrons. The van der Waals surface area contributed by atoms with Crippen LogP contribution in [0.15, 0.2) is 46.9 Å². The Morgan fingerprint density at radius 1 is 1.13 bits per heavy atom. The Bertz CT molecular complexity index is 907. The SMILES string of the molecule is Cc1ccc(OCC(=O)N(Cc2ccc(Br)cc2)C(C)C(=O)NC2CCCC2)c(C)c1. The highest BCUT2D eigenvalue weighted by atomic mass is 79.9. The monoisotopic (exact) mass is 486 g/mol. The summed E-state index contributed by atoms with van der Waals surface area (Å²) in [6.07, 6.45) is 4.30. The molecule has 3 rings (SSSR count). The summed E-state index contributed by atoms with van der Waals surface area (Å²) >= 11 is 3.44. The highest BCUT2D eigenvalue weighted by molar-refractivity contribution is 9.10. The van der Waals surface area contributed by atoms with Gasteiger partial charge in [-0.25, -0.2) is 0 Å². The van der Waals surface area contributed by atoms with Crippen LogP contribution in [-0.4, -0.2) is 35.4 Å². The Balaban J connectivity index is 1.72. The molecule has 6 heteroatoms. The fraction of sp³-hybridized carbons (Fsp3) is 0.440. The van der Waals surface area contributed by atoms with E-state index in [4.69, 9.17) is 4.74 Å². The van der Waals surface area contributed by atoms with Crippen molar-refractivity contribution in [1.82, 2.24) is 10.2 Å². The Kier molecular flexibility index (Phi) is 8.13. The van der Waals surface area contributed by atoms with Gasteiger partial charge in [-0.3, -0.25) is 9.59 Å². The number of amides is 2. The molecule has 31 heavy (non-hydrogen) atoms. The van der Waals surface area contributed by atoms with Crippen molar-refractivity contribution in [1.29, 1.82) is 0 Å². The molecule has 1 unspecified atom stereocenters. The van der Waals surface area contributed by atoms with Crippen molar-refractivity contribution >= 4 is 27.7 Å². The molecule has 1 aliphatic carbocycles. The Morgan fingerprint density at radius 2 is 1.81 bits per heavy atom. The number of hydrogen-bond acceptors (Lipinski definition) is 3. The van der Waals surface area contributed by atoms with Gasteiger partial charge in [0.05, 0.1) is 0 Å². The van der Waals surface area contributed by atoms with E-state index in [-0.39, 0.29) is 24.5 Å². The molecular formula is C25H31BrN2O3. The zero-order chi connectivity index (χ0) is 22.4. The number of nitrogens with zero attached hydrogens (tertiary/aromatic N) is 1. The molecule has 2 amide bonds. The number of aryl methyl sites for hydroxylation is 2. The lowest BCUT2D eigenvalue weighted by molar-refractivity contribution is -0.142. The first kappa shape index (κ1) is 23.3. The average Bonchev–Trinajstić information content (AvgIpc) is 3.25. The Hall–Kier alpha value is -2.34. The predicted octanol–water partition coefficient (Wildman–Crippen LogP) is 4.92. The second kappa shape index (κ2) is 10.8. The van der Waals surface area contributed by atoms with Crippen LogP contribution in [0.2, 0.25) is 0 Å². The molecule has 0 aliphatic heterocycles. The van der Waals surface area contributed by atoms with Gasteiger partial charge in [-0.1, -0.05) is 58.6 Å². The highest BCUT2D eigenvalue weighted by Crippen LogP contribution is 2.21. The summed E-state index contributed by atoms with van der Waals surface area (Å²) in [5.41, 5.74) is 3.09. The standard InChI is InChI=1S/C25H31BrN2O3/c1-17-8-13-23(18(2)14-17)31-16-24(29)28(15-20-9-11-21(26)12-10-20)19(3)25(30)27-22-6-4-5-7-22/h8-14,19,22H,4-7,15-16H2,1-3H3,(H,27,30). The fourth-order valence-corrected chi connectivity index (χ4v) is 4.21. The third kappa shape index (κ3) is 6.57. The maximum Gasteiger partial charge on any atom is 0.261 e. The van der Waals surface area contributed by atoms with E-state index in [2.05, 4.69) is 21.2 Å². The normalized spacial score (nSPS) is 14.8. The average molecular weight is 487 g/mol. The summed E-state index contributed by atoms with van der Waals surface area (Å²) in [6, 6.07) is 13.3. The van der Waals surface area contributed by atoms with Crippen molar-refractivity contribution in [3.05, 3.63) is 63.6 Å². The van der Waals surface area contributed by atoms with E-state index in [1.54, 1.807) is 11.8 Å². The first-order valence-electron chi connectivity index (χ1n) is 10.9. The van der Waals surface area contributed by atoms with Gasteiger partial charge in [0.1, 0.15) is 11.8 Å². The van der Waals surface area contributed by atoms with E-state index in [1.807, 2.05) is 56.3 Å². The van der Waals surface area contributed by atoms with Crippen LogP contribution in [0.1, 0.15) is 49.3 Å². The molecule has 1 aliphatic rings. The molecule has 0 bridgehead atoms. The zero-order valence-electron chi connectivity index (χ0n) is 18.5. The second-order valence-corrected chi connectivity index (χ2v) is 9.29. The van der Waals surface area contributed by atoms with Crippen LogP contribution in [-0.2, 0) is 16.1 Å². The van der Waals surface area contributed by atoms with Crippen molar-refractivity contribution in [3.8, 4) is 5.75 Å². The molecule has 2 aromatic carbocycles. The lowest BCUT2D eigenvalue weighted by Crippen LogP contribution is -2.50. The first-order valence-corrected chi connectivity index (χ1v) is 11.7. The van der Waals surface area contributed by atoms with Crippen LogP contribution in [0.4, 0.5) is 0 Å². The predicted molar refractivity (Wildman–Crippen MR) is 126 cm³/mol. The lowest BCUT2D eigenvalue weighted by atomic mass is 10.1. The molecule has 0 aromatic heterocycles. The number of halogens is 1. The van der Waals surface area contributed by atoms with Gasteiger partial charge in [0, 0.05) is 17.1 Å². The van der Waals surface area contributed by atoms with Gasteiger partial charge in [-0.15, -0.1) is 0 Å². The van der Waals surface area contributed by atoms with Crippen molar-refractivity contribution < 1.29 is 14.3 Å². The van der Waals surface area contributed by atoms with Crippen LogP contribution >= 0.6 is 15.9 Å². The Labute approximate surface area is 193 Å². The summed E-state index contributed by atoms with van der Waals surface area (Å²) in [5, 5.41) is 3.12. The highest BCUT2D eigenvalue weighted by Gasteiger charge is 2.28. The van der Waals surface area contributed by atoms with Crippen LogP contribution in [0.5, 0.6) is 5.75 Å². The van der Waals surface area contributed by atoms with Gasteiger partial charge in [-0.05, 0) is 62.9 Å². The van der Waals surface area contributed by atoms with Crippen molar-refractivity contribution in [2.45, 2.75) is 65.1 Å². The minimum absolute atomic E-state index is 0.108. The third-order valence-corrected chi connectivity index (χ3v) is 6.35. The molecule has 2 aromatic rings. The van der Waals surface area contributed by atoms with Gasteiger partial charge in [0.15, 0.2) is 6.61 Å². The number of carbonyl (C=O) groups excluding carboxylic acids is 2. The summed E-state index contributed by atoms with van der Waals surface area (Å²) in [7, 11) is 0. The zero-order valence-corrected chi connectivity index (χ0v) is 20.1.